The molecule has 0 aliphatic rings. The third kappa shape index (κ3) is 6.52. The third-order valence-electron chi connectivity index (χ3n) is 3.84. The van der Waals surface area contributed by atoms with E-state index in [9.17, 15) is 4.79 Å². The summed E-state index contributed by atoms with van der Waals surface area (Å²) in [5.74, 6) is 1.09. The number of ether oxygens (including phenoxy) is 2. The van der Waals surface area contributed by atoms with Gasteiger partial charge in [-0.3, -0.25) is 4.79 Å². The second-order valence-electron chi connectivity index (χ2n) is 6.77. The van der Waals surface area contributed by atoms with Crippen LogP contribution in [0.3, 0.4) is 0 Å². The molecule has 0 radical (unpaired) electrons. The van der Waals surface area contributed by atoms with Gasteiger partial charge in [0.25, 0.3) is 5.91 Å². The molecule has 0 bridgehead atoms. The normalized spacial score (nSPS) is 11.2. The van der Waals surface area contributed by atoms with E-state index in [0.29, 0.717) is 24.8 Å². The van der Waals surface area contributed by atoms with Crippen LogP contribution in [0.4, 0.5) is 0 Å². The first-order chi connectivity index (χ1) is 12.5. The van der Waals surface area contributed by atoms with Crippen molar-refractivity contribution in [3.05, 3.63) is 47.8 Å². The van der Waals surface area contributed by atoms with Crippen LogP contribution in [0, 0.1) is 0 Å². The predicted molar refractivity (Wildman–Crippen MR) is 101 cm³/mol. The molecule has 1 amide bonds. The van der Waals surface area contributed by atoms with Gasteiger partial charge in [0.05, 0.1) is 6.10 Å². The van der Waals surface area contributed by atoms with Crippen molar-refractivity contribution in [1.82, 2.24) is 15.1 Å². The fourth-order valence-corrected chi connectivity index (χ4v) is 2.33. The average molecular weight is 359 g/mol. The number of nitrogens with one attached hydrogen (secondary N) is 1. The minimum atomic E-state index is -0.186. The van der Waals surface area contributed by atoms with Gasteiger partial charge in [0, 0.05) is 19.3 Å². The van der Waals surface area contributed by atoms with Crippen LogP contribution in [0.1, 0.15) is 56.1 Å². The number of carbonyl (C=O) groups is 1. The largest absolute Gasteiger partial charge is 0.471 e. The molecule has 0 atom stereocenters. The van der Waals surface area contributed by atoms with E-state index in [2.05, 4.69) is 36.4 Å². The molecule has 0 aliphatic heterocycles. The molecule has 142 valence electrons. The van der Waals surface area contributed by atoms with E-state index in [1.54, 1.807) is 16.9 Å². The Morgan fingerprint density at radius 1 is 1.15 bits per heavy atom. The van der Waals surface area contributed by atoms with Crippen LogP contribution in [0.25, 0.3) is 0 Å². The van der Waals surface area contributed by atoms with Gasteiger partial charge in [-0.05, 0) is 49.9 Å². The number of carbonyl (C=O) groups excluding carboxylic acids is 1. The Balaban J connectivity index is 1.75. The van der Waals surface area contributed by atoms with Crippen LogP contribution < -0.4 is 10.1 Å². The Hall–Kier alpha value is -2.34. The highest BCUT2D eigenvalue weighted by atomic mass is 16.5. The van der Waals surface area contributed by atoms with Crippen LogP contribution in [-0.2, 0) is 11.5 Å². The lowest BCUT2D eigenvalue weighted by atomic mass is 10.0. The third-order valence-corrected chi connectivity index (χ3v) is 3.84. The fourth-order valence-electron chi connectivity index (χ4n) is 2.33. The van der Waals surface area contributed by atoms with Crippen molar-refractivity contribution in [2.75, 3.05) is 13.2 Å². The molecule has 0 aliphatic carbocycles. The van der Waals surface area contributed by atoms with Crippen molar-refractivity contribution in [2.45, 2.75) is 52.9 Å². The molecule has 1 heterocycles. The Morgan fingerprint density at radius 2 is 1.88 bits per heavy atom. The average Bonchev–Trinajstić information content (AvgIpc) is 3.08. The van der Waals surface area contributed by atoms with Crippen molar-refractivity contribution < 1.29 is 14.3 Å². The Labute approximate surface area is 155 Å². The van der Waals surface area contributed by atoms with Crippen molar-refractivity contribution in [1.29, 1.82) is 0 Å². The van der Waals surface area contributed by atoms with Crippen molar-refractivity contribution >= 4 is 5.91 Å². The molecule has 2 rings (SSSR count). The van der Waals surface area contributed by atoms with Gasteiger partial charge < -0.3 is 14.8 Å². The zero-order valence-electron chi connectivity index (χ0n) is 16.1. The van der Waals surface area contributed by atoms with Gasteiger partial charge in [0.2, 0.25) is 0 Å². The molecule has 0 fully saturated rings. The molecule has 0 spiro atoms. The van der Waals surface area contributed by atoms with Gasteiger partial charge >= 0.3 is 0 Å². The first-order valence-electron chi connectivity index (χ1n) is 9.11. The van der Waals surface area contributed by atoms with E-state index in [4.69, 9.17) is 9.47 Å². The molecule has 1 N–H and O–H groups in total. The van der Waals surface area contributed by atoms with Crippen LogP contribution in [0.2, 0.25) is 0 Å². The number of hydrogen-bond acceptors (Lipinski definition) is 4. The molecular weight excluding hydrogens is 330 g/mol. The highest BCUT2D eigenvalue weighted by molar-refractivity contribution is 5.92. The lowest BCUT2D eigenvalue weighted by Gasteiger charge is -2.09. The van der Waals surface area contributed by atoms with E-state index in [1.807, 2.05) is 26.0 Å². The Kier molecular flexibility index (Phi) is 7.66. The summed E-state index contributed by atoms with van der Waals surface area (Å²) in [6.07, 6.45) is 2.72. The lowest BCUT2D eigenvalue weighted by molar-refractivity contribution is 0.0756. The van der Waals surface area contributed by atoms with Gasteiger partial charge in [0.1, 0.15) is 11.4 Å². The molecule has 6 heteroatoms. The van der Waals surface area contributed by atoms with Crippen molar-refractivity contribution in [2.24, 2.45) is 0 Å². The smallest absolute Gasteiger partial charge is 0.271 e. The minimum Gasteiger partial charge on any atom is -0.471 e. The maximum Gasteiger partial charge on any atom is 0.271 e. The highest BCUT2D eigenvalue weighted by Gasteiger charge is 2.09. The summed E-state index contributed by atoms with van der Waals surface area (Å²) in [4.78, 5) is 12.1. The summed E-state index contributed by atoms with van der Waals surface area (Å²) in [7, 11) is 0. The molecule has 0 unspecified atom stereocenters. The molecule has 26 heavy (non-hydrogen) atoms. The van der Waals surface area contributed by atoms with E-state index < -0.39 is 0 Å². The molecular formula is C20H29N3O3. The monoisotopic (exact) mass is 359 g/mol. The summed E-state index contributed by atoms with van der Waals surface area (Å²) < 4.78 is 12.8. The van der Waals surface area contributed by atoms with E-state index in [-0.39, 0.29) is 18.7 Å². The molecule has 0 saturated carbocycles. The number of nitrogens with zero attached hydrogens (tertiary/aromatic N) is 2. The number of benzene rings is 1. The summed E-state index contributed by atoms with van der Waals surface area (Å²) in [5, 5.41) is 7.09. The van der Waals surface area contributed by atoms with Crippen LogP contribution in [-0.4, -0.2) is 34.9 Å². The second-order valence-corrected chi connectivity index (χ2v) is 6.77. The summed E-state index contributed by atoms with van der Waals surface area (Å²) in [6.45, 7) is 9.76. The molecule has 2 aromatic rings. The second kappa shape index (κ2) is 9.97. The van der Waals surface area contributed by atoms with Gasteiger partial charge in [-0.15, -0.1) is 0 Å². The summed E-state index contributed by atoms with van der Waals surface area (Å²) in [5.41, 5.74) is 1.66. The van der Waals surface area contributed by atoms with E-state index >= 15 is 0 Å². The van der Waals surface area contributed by atoms with Gasteiger partial charge in [-0.2, -0.15) is 5.10 Å². The van der Waals surface area contributed by atoms with E-state index in [0.717, 1.165) is 12.2 Å². The molecule has 1 aromatic heterocycles. The van der Waals surface area contributed by atoms with E-state index in [1.165, 1.54) is 5.56 Å². The minimum absolute atomic E-state index is 0.186. The zero-order chi connectivity index (χ0) is 18.9. The first-order valence-corrected chi connectivity index (χ1v) is 9.11. The molecule has 1 aromatic carbocycles. The van der Waals surface area contributed by atoms with Crippen molar-refractivity contribution in [3.8, 4) is 5.75 Å². The maximum absolute atomic E-state index is 12.1. The van der Waals surface area contributed by atoms with Gasteiger partial charge in [0.15, 0.2) is 6.73 Å². The Morgan fingerprint density at radius 3 is 2.54 bits per heavy atom. The van der Waals surface area contributed by atoms with Crippen LogP contribution in [0.15, 0.2) is 36.5 Å². The fraction of sp³-hybridized carbons (Fsp3) is 0.500. The SMILES string of the molecule is CC(C)OCCCNC(=O)c1ccn(COc2ccc(C(C)C)cc2)n1. The lowest BCUT2D eigenvalue weighted by Crippen LogP contribution is -2.26. The predicted octanol–water partition coefficient (Wildman–Crippen LogP) is 3.59. The van der Waals surface area contributed by atoms with Gasteiger partial charge in [-0.1, -0.05) is 26.0 Å². The summed E-state index contributed by atoms with van der Waals surface area (Å²) in [6, 6.07) is 9.71. The van der Waals surface area contributed by atoms with Gasteiger partial charge in [-0.25, -0.2) is 4.68 Å². The summed E-state index contributed by atoms with van der Waals surface area (Å²) >= 11 is 0. The Bertz CT molecular complexity index is 678. The first kappa shape index (κ1) is 20.0. The molecule has 0 saturated heterocycles. The molecule has 6 nitrogen and oxygen atoms in total. The zero-order valence-corrected chi connectivity index (χ0v) is 16.1. The maximum atomic E-state index is 12.1. The van der Waals surface area contributed by atoms with Crippen LogP contribution in [0.5, 0.6) is 5.75 Å². The van der Waals surface area contributed by atoms with Crippen molar-refractivity contribution in [3.63, 3.8) is 0 Å². The number of aromatic nitrogens is 2. The number of hydrogen-bond donors (Lipinski definition) is 1. The number of rotatable bonds is 10. The quantitative estimate of drug-likeness (QED) is 0.659. The number of amides is 1. The standard InChI is InChI=1S/C20H29N3O3/c1-15(2)17-6-8-18(9-7-17)26-14-23-12-10-19(22-23)20(24)21-11-5-13-25-16(3)4/h6-10,12,15-16H,5,11,13-14H2,1-4H3,(H,21,24). The topological polar surface area (TPSA) is 65.4 Å². The van der Waals surface area contributed by atoms with Crippen LogP contribution >= 0.6 is 0 Å². The highest BCUT2D eigenvalue weighted by Crippen LogP contribution is 2.18.